The van der Waals surface area contributed by atoms with Gasteiger partial charge in [-0.3, -0.25) is 9.69 Å². The lowest BCUT2D eigenvalue weighted by Gasteiger charge is -2.28. The van der Waals surface area contributed by atoms with Crippen LogP contribution in [-0.2, 0) is 0 Å². The summed E-state index contributed by atoms with van der Waals surface area (Å²) in [6.45, 7) is 4.76. The number of rotatable bonds is 5. The third-order valence-corrected chi connectivity index (χ3v) is 5.51. The van der Waals surface area contributed by atoms with Gasteiger partial charge in [0.15, 0.2) is 0 Å². The minimum absolute atomic E-state index is 0.00109. The molecule has 1 amide bonds. The molecule has 0 N–H and O–H groups in total. The number of amides is 1. The second-order valence-corrected chi connectivity index (χ2v) is 7.20. The summed E-state index contributed by atoms with van der Waals surface area (Å²) in [5, 5.41) is 0. The van der Waals surface area contributed by atoms with E-state index in [1.165, 1.54) is 0 Å². The molecule has 3 aromatic rings. The predicted octanol–water partition coefficient (Wildman–Crippen LogP) is 5.60. The Labute approximate surface area is 171 Å². The highest BCUT2D eigenvalue weighted by atomic mass is 16.5. The van der Waals surface area contributed by atoms with Crippen LogP contribution < -0.4 is 14.4 Å². The van der Waals surface area contributed by atoms with Gasteiger partial charge in [0, 0.05) is 17.2 Å². The third kappa shape index (κ3) is 3.46. The van der Waals surface area contributed by atoms with E-state index in [1.54, 1.807) is 7.11 Å². The number of fused-ring (bicyclic) bond motifs is 1. The highest BCUT2D eigenvalue weighted by Crippen LogP contribution is 2.50. The van der Waals surface area contributed by atoms with Crippen molar-refractivity contribution in [2.24, 2.45) is 0 Å². The van der Waals surface area contributed by atoms with E-state index in [4.69, 9.17) is 9.47 Å². The zero-order valence-electron chi connectivity index (χ0n) is 17.0. The molecule has 2 atom stereocenters. The molecule has 0 bridgehead atoms. The van der Waals surface area contributed by atoms with E-state index in [1.807, 2.05) is 78.6 Å². The monoisotopic (exact) mass is 387 g/mol. The Morgan fingerprint density at radius 1 is 0.966 bits per heavy atom. The van der Waals surface area contributed by atoms with Crippen LogP contribution in [0.2, 0.25) is 0 Å². The first-order chi connectivity index (χ1) is 14.1. The molecule has 4 rings (SSSR count). The summed E-state index contributed by atoms with van der Waals surface area (Å²) in [7, 11) is 1.66. The summed E-state index contributed by atoms with van der Waals surface area (Å²) in [6, 6.07) is 23.3. The topological polar surface area (TPSA) is 38.8 Å². The number of hydrogen-bond acceptors (Lipinski definition) is 3. The van der Waals surface area contributed by atoms with Crippen LogP contribution in [0.15, 0.2) is 72.8 Å². The number of methoxy groups -OCH3 is 1. The maximum atomic E-state index is 13.5. The highest BCUT2D eigenvalue weighted by Gasteiger charge is 2.40. The minimum atomic E-state index is -0.0968. The highest BCUT2D eigenvalue weighted by molar-refractivity contribution is 6.08. The fourth-order valence-corrected chi connectivity index (χ4v) is 4.11. The normalized spacial score (nSPS) is 17.7. The Kier molecular flexibility index (Phi) is 5.26. The fraction of sp³-hybridized carbons (Fsp3) is 0.240. The van der Waals surface area contributed by atoms with Crippen molar-refractivity contribution in [3.05, 3.63) is 89.5 Å². The van der Waals surface area contributed by atoms with Crippen LogP contribution in [0, 0.1) is 0 Å². The van der Waals surface area contributed by atoms with Crippen molar-refractivity contribution < 1.29 is 14.3 Å². The largest absolute Gasteiger partial charge is 0.497 e. The van der Waals surface area contributed by atoms with Crippen LogP contribution in [-0.4, -0.2) is 19.6 Å². The number of benzene rings is 3. The Morgan fingerprint density at radius 3 is 2.31 bits per heavy atom. The standard InChI is InChI=1S/C25H25NO3/c1-4-29-21-14-15-23-22(16-21)17(2)24(18-10-12-20(28-3)13-11-18)26(23)25(27)19-8-6-5-7-9-19/h5-17,24H,4H2,1-3H3/t17-,24-/m0/s1. The average molecular weight is 387 g/mol. The summed E-state index contributed by atoms with van der Waals surface area (Å²) < 4.78 is 11.0. The molecule has 29 heavy (non-hydrogen) atoms. The predicted molar refractivity (Wildman–Crippen MR) is 115 cm³/mol. The van der Waals surface area contributed by atoms with Gasteiger partial charge >= 0.3 is 0 Å². The lowest BCUT2D eigenvalue weighted by molar-refractivity contribution is 0.0977. The molecule has 0 aliphatic carbocycles. The molecule has 0 saturated carbocycles. The van der Waals surface area contributed by atoms with Gasteiger partial charge in [0.1, 0.15) is 11.5 Å². The third-order valence-electron chi connectivity index (χ3n) is 5.51. The van der Waals surface area contributed by atoms with E-state index >= 15 is 0 Å². The van der Waals surface area contributed by atoms with E-state index in [9.17, 15) is 4.79 Å². The number of nitrogens with zero attached hydrogens (tertiary/aromatic N) is 1. The maximum absolute atomic E-state index is 13.5. The molecule has 1 aliphatic heterocycles. The molecular weight excluding hydrogens is 362 g/mol. The smallest absolute Gasteiger partial charge is 0.258 e. The number of carbonyl (C=O) groups is 1. The van der Waals surface area contributed by atoms with Crippen molar-refractivity contribution in [1.82, 2.24) is 0 Å². The lowest BCUT2D eigenvalue weighted by atomic mass is 9.91. The number of ether oxygens (including phenoxy) is 2. The zero-order valence-corrected chi connectivity index (χ0v) is 17.0. The van der Waals surface area contributed by atoms with Gasteiger partial charge in [-0.25, -0.2) is 0 Å². The van der Waals surface area contributed by atoms with Gasteiger partial charge in [-0.2, -0.15) is 0 Å². The molecule has 1 aliphatic rings. The van der Waals surface area contributed by atoms with Gasteiger partial charge in [-0.15, -0.1) is 0 Å². The second kappa shape index (κ2) is 8.00. The van der Waals surface area contributed by atoms with Crippen LogP contribution in [0.4, 0.5) is 5.69 Å². The van der Waals surface area contributed by atoms with Crippen LogP contribution in [0.3, 0.4) is 0 Å². The minimum Gasteiger partial charge on any atom is -0.497 e. The molecular formula is C25H25NO3. The van der Waals surface area contributed by atoms with E-state index < -0.39 is 0 Å². The fourth-order valence-electron chi connectivity index (χ4n) is 4.11. The first-order valence-electron chi connectivity index (χ1n) is 9.93. The Morgan fingerprint density at radius 2 is 1.66 bits per heavy atom. The summed E-state index contributed by atoms with van der Waals surface area (Å²) in [5.74, 6) is 1.77. The maximum Gasteiger partial charge on any atom is 0.258 e. The van der Waals surface area contributed by atoms with Crippen LogP contribution in [0.1, 0.15) is 47.3 Å². The van der Waals surface area contributed by atoms with E-state index in [-0.39, 0.29) is 17.9 Å². The van der Waals surface area contributed by atoms with Gasteiger partial charge in [0.25, 0.3) is 5.91 Å². The van der Waals surface area contributed by atoms with Crippen LogP contribution in [0.5, 0.6) is 11.5 Å². The quantitative estimate of drug-likeness (QED) is 0.572. The van der Waals surface area contributed by atoms with Crippen molar-refractivity contribution in [3.63, 3.8) is 0 Å². The van der Waals surface area contributed by atoms with Crippen molar-refractivity contribution >= 4 is 11.6 Å². The molecule has 0 fully saturated rings. The van der Waals surface area contributed by atoms with Gasteiger partial charge in [-0.05, 0) is 60.5 Å². The van der Waals surface area contributed by atoms with Crippen molar-refractivity contribution in [3.8, 4) is 11.5 Å². The molecule has 0 unspecified atom stereocenters. The van der Waals surface area contributed by atoms with Crippen molar-refractivity contribution in [1.29, 1.82) is 0 Å². The molecule has 1 heterocycles. The first kappa shape index (κ1) is 19.1. The van der Waals surface area contributed by atoms with Gasteiger partial charge in [-0.1, -0.05) is 37.3 Å². The SMILES string of the molecule is CCOc1ccc2c(c1)[C@H](C)[C@@H](c1ccc(OC)cc1)N2C(=O)c1ccccc1. The van der Waals surface area contributed by atoms with Crippen LogP contribution in [0.25, 0.3) is 0 Å². The molecule has 0 spiro atoms. The Hall–Kier alpha value is -3.27. The summed E-state index contributed by atoms with van der Waals surface area (Å²) in [4.78, 5) is 15.5. The van der Waals surface area contributed by atoms with Gasteiger partial charge in [0.2, 0.25) is 0 Å². The molecule has 4 nitrogen and oxygen atoms in total. The van der Waals surface area contributed by atoms with Crippen LogP contribution >= 0.6 is 0 Å². The zero-order chi connectivity index (χ0) is 20.4. The molecule has 148 valence electrons. The second-order valence-electron chi connectivity index (χ2n) is 7.20. The van der Waals surface area contributed by atoms with E-state index in [0.717, 1.165) is 28.3 Å². The summed E-state index contributed by atoms with van der Waals surface area (Å²) in [6.07, 6.45) is 0. The molecule has 4 heteroatoms. The lowest BCUT2D eigenvalue weighted by Crippen LogP contribution is -2.33. The molecule has 3 aromatic carbocycles. The Balaban J connectivity index is 1.81. The summed E-state index contributed by atoms with van der Waals surface area (Å²) >= 11 is 0. The molecule has 0 radical (unpaired) electrons. The molecule has 0 saturated heterocycles. The number of anilines is 1. The van der Waals surface area contributed by atoms with Crippen molar-refractivity contribution in [2.75, 3.05) is 18.6 Å². The average Bonchev–Trinajstić information content (AvgIpc) is 3.06. The first-order valence-corrected chi connectivity index (χ1v) is 9.93. The Bertz CT molecular complexity index is 998. The number of hydrogen-bond donors (Lipinski definition) is 0. The van der Waals surface area contributed by atoms with Gasteiger partial charge < -0.3 is 9.47 Å². The molecule has 0 aromatic heterocycles. The summed E-state index contributed by atoms with van der Waals surface area (Å²) in [5.41, 5.74) is 3.83. The van der Waals surface area contributed by atoms with Crippen molar-refractivity contribution in [2.45, 2.75) is 25.8 Å². The van der Waals surface area contributed by atoms with E-state index in [2.05, 4.69) is 13.0 Å². The van der Waals surface area contributed by atoms with Gasteiger partial charge in [0.05, 0.1) is 19.8 Å². The number of carbonyl (C=O) groups excluding carboxylic acids is 1. The van der Waals surface area contributed by atoms with E-state index in [0.29, 0.717) is 12.2 Å².